The second-order valence-electron chi connectivity index (χ2n) is 13.6. The van der Waals surface area contributed by atoms with Gasteiger partial charge in [0.25, 0.3) is 0 Å². The number of furan rings is 1. The molecule has 2 aromatic heterocycles. The maximum absolute atomic E-state index is 6.66. The third-order valence-corrected chi connectivity index (χ3v) is 10.2. The molecule has 0 amide bonds. The minimum atomic E-state index is 0.593. The van der Waals surface area contributed by atoms with Gasteiger partial charge in [-0.15, -0.1) is 0 Å². The molecular weight excluding hydrogens is 671 g/mol. The third kappa shape index (κ3) is 6.16. The van der Waals surface area contributed by atoms with Gasteiger partial charge in [-0.1, -0.05) is 194 Å². The Morgan fingerprint density at radius 2 is 0.655 bits per heavy atom. The molecule has 0 aliphatic carbocycles. The predicted molar refractivity (Wildman–Crippen MR) is 225 cm³/mol. The lowest BCUT2D eigenvalue weighted by Gasteiger charge is -2.10. The molecule has 0 N–H and O–H groups in total. The molecule has 4 heteroatoms. The van der Waals surface area contributed by atoms with E-state index >= 15 is 0 Å². The number of hydrogen-bond acceptors (Lipinski definition) is 4. The summed E-state index contributed by atoms with van der Waals surface area (Å²) in [5.41, 5.74) is 13.5. The van der Waals surface area contributed by atoms with E-state index in [0.29, 0.717) is 17.5 Å². The smallest absolute Gasteiger partial charge is 0.164 e. The summed E-state index contributed by atoms with van der Waals surface area (Å²) in [5, 5.41) is 1.99. The lowest BCUT2D eigenvalue weighted by atomic mass is 9.98. The molecule has 10 rings (SSSR count). The monoisotopic (exact) mass is 703 g/mol. The van der Waals surface area contributed by atoms with Gasteiger partial charge in [-0.2, -0.15) is 0 Å². The Hall–Kier alpha value is -7.43. The Kier molecular flexibility index (Phi) is 8.12. The van der Waals surface area contributed by atoms with Crippen LogP contribution in [-0.2, 0) is 0 Å². The van der Waals surface area contributed by atoms with Crippen molar-refractivity contribution in [1.82, 2.24) is 15.0 Å². The highest BCUT2D eigenvalue weighted by atomic mass is 16.3. The van der Waals surface area contributed by atoms with Gasteiger partial charge in [0.2, 0.25) is 0 Å². The van der Waals surface area contributed by atoms with Crippen LogP contribution < -0.4 is 0 Å². The van der Waals surface area contributed by atoms with Crippen LogP contribution in [0.25, 0.3) is 101 Å². The van der Waals surface area contributed by atoms with Crippen LogP contribution in [0.2, 0.25) is 0 Å². The summed E-state index contributed by atoms with van der Waals surface area (Å²) in [5.74, 6) is 1.82. The summed E-state index contributed by atoms with van der Waals surface area (Å²) >= 11 is 0. The van der Waals surface area contributed by atoms with Gasteiger partial charge in [0.05, 0.1) is 0 Å². The number of nitrogens with zero attached hydrogens (tertiary/aromatic N) is 3. The molecule has 2 heterocycles. The van der Waals surface area contributed by atoms with Crippen molar-refractivity contribution >= 4 is 21.9 Å². The summed E-state index contributed by atoms with van der Waals surface area (Å²) in [6.07, 6.45) is 0. The summed E-state index contributed by atoms with van der Waals surface area (Å²) in [4.78, 5) is 15.2. The fourth-order valence-corrected chi connectivity index (χ4v) is 7.37. The normalized spacial score (nSPS) is 11.3. The van der Waals surface area contributed by atoms with Crippen molar-refractivity contribution in [1.29, 1.82) is 0 Å². The van der Waals surface area contributed by atoms with Crippen LogP contribution in [0.4, 0.5) is 0 Å². The lowest BCUT2D eigenvalue weighted by molar-refractivity contribution is 0.670. The van der Waals surface area contributed by atoms with E-state index in [9.17, 15) is 0 Å². The molecule has 258 valence electrons. The Bertz CT molecular complexity index is 2920. The molecule has 0 saturated heterocycles. The van der Waals surface area contributed by atoms with Gasteiger partial charge in [-0.25, -0.2) is 15.0 Å². The molecule has 0 bridgehead atoms. The number of para-hydroxylation sites is 1. The van der Waals surface area contributed by atoms with Crippen molar-refractivity contribution in [3.8, 4) is 78.7 Å². The first-order chi connectivity index (χ1) is 27.2. The Morgan fingerprint density at radius 3 is 1.18 bits per heavy atom. The molecular formula is C51H33N3O. The maximum atomic E-state index is 6.66. The Labute approximate surface area is 319 Å². The first kappa shape index (κ1) is 32.2. The van der Waals surface area contributed by atoms with E-state index < -0.39 is 0 Å². The van der Waals surface area contributed by atoms with Gasteiger partial charge in [-0.05, 0) is 45.0 Å². The minimum Gasteiger partial charge on any atom is -0.455 e. The number of fused-ring (bicyclic) bond motifs is 3. The van der Waals surface area contributed by atoms with E-state index in [-0.39, 0.29) is 0 Å². The maximum Gasteiger partial charge on any atom is 0.164 e. The van der Waals surface area contributed by atoms with Crippen LogP contribution in [0, 0.1) is 0 Å². The quantitative estimate of drug-likeness (QED) is 0.166. The number of aromatic nitrogens is 3. The van der Waals surface area contributed by atoms with Crippen molar-refractivity contribution in [2.45, 2.75) is 0 Å². The number of rotatable bonds is 7. The zero-order chi connectivity index (χ0) is 36.6. The summed E-state index contributed by atoms with van der Waals surface area (Å²) in [6, 6.07) is 69.3. The number of benzene rings is 8. The molecule has 8 aromatic carbocycles. The summed E-state index contributed by atoms with van der Waals surface area (Å²) in [7, 11) is 0. The molecule has 0 radical (unpaired) electrons. The van der Waals surface area contributed by atoms with Crippen molar-refractivity contribution < 1.29 is 4.42 Å². The van der Waals surface area contributed by atoms with Crippen molar-refractivity contribution in [3.05, 3.63) is 200 Å². The number of hydrogen-bond donors (Lipinski definition) is 0. The van der Waals surface area contributed by atoms with Crippen LogP contribution in [0.1, 0.15) is 0 Å². The molecule has 0 unspecified atom stereocenters. The van der Waals surface area contributed by atoms with Gasteiger partial charge in [-0.3, -0.25) is 0 Å². The van der Waals surface area contributed by atoms with Gasteiger partial charge in [0, 0.05) is 33.0 Å². The van der Waals surface area contributed by atoms with Crippen LogP contribution in [-0.4, -0.2) is 15.0 Å². The third-order valence-electron chi connectivity index (χ3n) is 10.2. The molecule has 0 aliphatic rings. The van der Waals surface area contributed by atoms with Crippen molar-refractivity contribution in [3.63, 3.8) is 0 Å². The molecule has 10 aromatic rings. The molecule has 0 atom stereocenters. The summed E-state index contributed by atoms with van der Waals surface area (Å²) in [6.45, 7) is 0. The average molecular weight is 704 g/mol. The summed E-state index contributed by atoms with van der Waals surface area (Å²) < 4.78 is 6.66. The standard InChI is InChI=1S/C51H33N3O/c1-4-12-34(13-5-1)36-22-24-38(25-23-36)39-28-32-42(33-29-39)50-52-49(41-16-8-3-9-17-41)53-51(54-50)45-20-11-21-46-47(45)44-19-10-18-43(48(44)55-46)40-30-26-37(27-31-40)35-14-6-2-7-15-35/h1-33H. The molecule has 55 heavy (non-hydrogen) atoms. The topological polar surface area (TPSA) is 51.8 Å². The van der Waals surface area contributed by atoms with Crippen LogP contribution in [0.5, 0.6) is 0 Å². The van der Waals surface area contributed by atoms with E-state index in [1.807, 2.05) is 54.6 Å². The van der Waals surface area contributed by atoms with E-state index in [1.54, 1.807) is 0 Å². The van der Waals surface area contributed by atoms with E-state index in [4.69, 9.17) is 19.4 Å². The SMILES string of the molecule is c1ccc(-c2ccc(-c3ccc(-c4nc(-c5ccccc5)nc(-c5cccc6oc7c(-c8ccc(-c9ccccc9)cc8)cccc7c56)n4)cc3)cc2)cc1. The van der Waals surface area contributed by atoms with E-state index in [0.717, 1.165) is 60.9 Å². The van der Waals surface area contributed by atoms with Crippen molar-refractivity contribution in [2.24, 2.45) is 0 Å². The molecule has 0 saturated carbocycles. The Morgan fingerprint density at radius 1 is 0.273 bits per heavy atom. The van der Waals surface area contributed by atoms with Gasteiger partial charge < -0.3 is 4.42 Å². The Balaban J connectivity index is 1.05. The molecule has 4 nitrogen and oxygen atoms in total. The van der Waals surface area contributed by atoms with E-state index in [2.05, 4.69) is 146 Å². The molecule has 0 spiro atoms. The largest absolute Gasteiger partial charge is 0.455 e. The van der Waals surface area contributed by atoms with Crippen LogP contribution in [0.3, 0.4) is 0 Å². The highest BCUT2D eigenvalue weighted by molar-refractivity contribution is 6.15. The first-order valence-electron chi connectivity index (χ1n) is 18.4. The van der Waals surface area contributed by atoms with Gasteiger partial charge in [0.1, 0.15) is 11.2 Å². The molecule has 0 fully saturated rings. The highest BCUT2D eigenvalue weighted by Gasteiger charge is 2.19. The minimum absolute atomic E-state index is 0.593. The fourth-order valence-electron chi connectivity index (χ4n) is 7.37. The zero-order valence-corrected chi connectivity index (χ0v) is 29.8. The van der Waals surface area contributed by atoms with Crippen LogP contribution >= 0.6 is 0 Å². The average Bonchev–Trinajstić information content (AvgIpc) is 3.67. The highest BCUT2D eigenvalue weighted by Crippen LogP contribution is 2.41. The van der Waals surface area contributed by atoms with Gasteiger partial charge in [0.15, 0.2) is 17.5 Å². The second kappa shape index (κ2) is 13.8. The van der Waals surface area contributed by atoms with E-state index in [1.165, 1.54) is 22.3 Å². The van der Waals surface area contributed by atoms with Gasteiger partial charge >= 0.3 is 0 Å². The first-order valence-corrected chi connectivity index (χ1v) is 18.4. The van der Waals surface area contributed by atoms with Crippen molar-refractivity contribution in [2.75, 3.05) is 0 Å². The molecule has 0 aliphatic heterocycles. The van der Waals surface area contributed by atoms with Crippen LogP contribution in [0.15, 0.2) is 205 Å². The fraction of sp³-hybridized carbons (Fsp3) is 0. The second-order valence-corrected chi connectivity index (χ2v) is 13.6. The lowest BCUT2D eigenvalue weighted by Crippen LogP contribution is -2.00. The predicted octanol–water partition coefficient (Wildman–Crippen LogP) is 13.4. The zero-order valence-electron chi connectivity index (χ0n) is 29.8.